The second kappa shape index (κ2) is 8.85. The lowest BCUT2D eigenvalue weighted by Gasteiger charge is -2.49. The standard InChI is InChI=1S/C22H28N6O5/c1-22(21(31-3)32-4)20(30)19(14-11-13(23)9-10-17(14)33-22)28(12-18-24-26-27(2)25-18)15-7-5-6-8-16(15)29/h5-11,19-21,29-30H,12,23H2,1-4H3/t19-,20+,22-/m0/s1. The molecule has 0 saturated carbocycles. The predicted molar refractivity (Wildman–Crippen MR) is 120 cm³/mol. The Morgan fingerprint density at radius 1 is 1.24 bits per heavy atom. The highest BCUT2D eigenvalue weighted by Crippen LogP contribution is 2.48. The molecule has 1 aliphatic rings. The average Bonchev–Trinajstić information content (AvgIpc) is 3.20. The minimum Gasteiger partial charge on any atom is -0.506 e. The minimum absolute atomic E-state index is 0.0299. The van der Waals surface area contributed by atoms with E-state index in [4.69, 9.17) is 19.9 Å². The number of ether oxygens (including phenoxy) is 3. The third-order valence-electron chi connectivity index (χ3n) is 5.85. The normalized spacial score (nSPS) is 22.1. The van der Waals surface area contributed by atoms with Crippen LogP contribution in [-0.2, 0) is 23.1 Å². The zero-order chi connectivity index (χ0) is 23.8. The van der Waals surface area contributed by atoms with Gasteiger partial charge in [-0.1, -0.05) is 12.1 Å². The number of phenolic OH excluding ortho intramolecular Hbond substituents is 1. The van der Waals surface area contributed by atoms with Gasteiger partial charge in [0.2, 0.25) is 0 Å². The third-order valence-corrected chi connectivity index (χ3v) is 5.85. The molecule has 4 rings (SSSR count). The number of phenols is 1. The van der Waals surface area contributed by atoms with Crippen LogP contribution in [0.4, 0.5) is 11.4 Å². The van der Waals surface area contributed by atoms with E-state index >= 15 is 0 Å². The molecule has 2 heterocycles. The number of hydrogen-bond donors (Lipinski definition) is 3. The lowest BCUT2D eigenvalue weighted by molar-refractivity contribution is -0.237. The number of anilines is 2. The number of aromatic nitrogens is 4. The predicted octanol–water partition coefficient (Wildman–Crippen LogP) is 1.38. The van der Waals surface area contributed by atoms with Crippen molar-refractivity contribution < 1.29 is 24.4 Å². The van der Waals surface area contributed by atoms with Crippen molar-refractivity contribution in [3.8, 4) is 11.5 Å². The molecule has 0 saturated heterocycles. The van der Waals surface area contributed by atoms with Crippen LogP contribution < -0.4 is 15.4 Å². The molecule has 0 radical (unpaired) electrons. The molecule has 4 N–H and O–H groups in total. The van der Waals surface area contributed by atoms with Crippen LogP contribution in [0.1, 0.15) is 24.4 Å². The number of methoxy groups -OCH3 is 2. The van der Waals surface area contributed by atoms with Gasteiger partial charge >= 0.3 is 0 Å². The maximum absolute atomic E-state index is 11.8. The first-order chi connectivity index (χ1) is 15.8. The molecule has 1 aliphatic heterocycles. The molecule has 3 atom stereocenters. The minimum atomic E-state index is -1.30. The first-order valence-corrected chi connectivity index (χ1v) is 10.4. The second-order valence-electron chi connectivity index (χ2n) is 8.09. The Morgan fingerprint density at radius 3 is 2.61 bits per heavy atom. The van der Waals surface area contributed by atoms with Gasteiger partial charge in [0.05, 0.1) is 25.3 Å². The monoisotopic (exact) mass is 456 g/mol. The zero-order valence-corrected chi connectivity index (χ0v) is 18.9. The number of benzene rings is 2. The Labute approximate surface area is 191 Å². The van der Waals surface area contributed by atoms with Gasteiger partial charge in [-0.15, -0.1) is 10.2 Å². The van der Waals surface area contributed by atoms with Crippen LogP contribution >= 0.6 is 0 Å². The molecule has 2 aromatic carbocycles. The highest BCUT2D eigenvalue weighted by molar-refractivity contribution is 5.62. The van der Waals surface area contributed by atoms with Crippen molar-refractivity contribution in [2.24, 2.45) is 7.05 Å². The topological polar surface area (TPSA) is 141 Å². The molecule has 1 aromatic heterocycles. The first kappa shape index (κ1) is 22.8. The van der Waals surface area contributed by atoms with Crippen LogP contribution in [-0.4, -0.2) is 62.6 Å². The van der Waals surface area contributed by atoms with Gasteiger partial charge in [0.15, 0.2) is 17.7 Å². The van der Waals surface area contributed by atoms with Gasteiger partial charge < -0.3 is 35.1 Å². The van der Waals surface area contributed by atoms with Crippen molar-refractivity contribution >= 4 is 11.4 Å². The summed E-state index contributed by atoms with van der Waals surface area (Å²) in [7, 11) is 4.62. The van der Waals surface area contributed by atoms with E-state index in [-0.39, 0.29) is 12.3 Å². The van der Waals surface area contributed by atoms with Gasteiger partial charge in [-0.2, -0.15) is 4.80 Å². The number of aromatic hydroxyl groups is 1. The molecule has 176 valence electrons. The summed E-state index contributed by atoms with van der Waals surface area (Å²) in [6.45, 7) is 1.85. The lowest BCUT2D eigenvalue weighted by Crippen LogP contribution is -2.62. The highest BCUT2D eigenvalue weighted by Gasteiger charge is 2.54. The molecule has 11 nitrogen and oxygen atoms in total. The van der Waals surface area contributed by atoms with E-state index in [2.05, 4.69) is 15.4 Å². The first-order valence-electron chi connectivity index (χ1n) is 10.4. The van der Waals surface area contributed by atoms with Crippen LogP contribution in [0.15, 0.2) is 42.5 Å². The average molecular weight is 457 g/mol. The lowest BCUT2D eigenvalue weighted by atomic mass is 9.83. The molecule has 0 spiro atoms. The van der Waals surface area contributed by atoms with Crippen LogP contribution in [0.3, 0.4) is 0 Å². The van der Waals surface area contributed by atoms with Gasteiger partial charge in [0.1, 0.15) is 17.6 Å². The van der Waals surface area contributed by atoms with E-state index in [1.54, 1.807) is 61.3 Å². The smallest absolute Gasteiger partial charge is 0.199 e. The van der Waals surface area contributed by atoms with E-state index in [0.717, 1.165) is 0 Å². The number of fused-ring (bicyclic) bond motifs is 1. The highest BCUT2D eigenvalue weighted by atomic mass is 16.7. The van der Waals surface area contributed by atoms with E-state index in [1.807, 2.05) is 0 Å². The van der Waals surface area contributed by atoms with Crippen LogP contribution in [0, 0.1) is 0 Å². The number of aliphatic hydroxyl groups excluding tert-OH is 1. The summed E-state index contributed by atoms with van der Waals surface area (Å²) in [5.74, 6) is 0.942. The molecule has 0 fully saturated rings. The summed E-state index contributed by atoms with van der Waals surface area (Å²) < 4.78 is 17.2. The van der Waals surface area contributed by atoms with Crippen molar-refractivity contribution in [1.29, 1.82) is 0 Å². The SMILES string of the molecule is COC(OC)[C@@]1(C)Oc2ccc(N)cc2[C@H](N(Cc2nnn(C)n2)c2ccccc2O)[C@H]1O. The molecule has 33 heavy (non-hydrogen) atoms. The Morgan fingerprint density at radius 2 is 1.97 bits per heavy atom. The van der Waals surface area contributed by atoms with Crippen molar-refractivity contribution in [2.75, 3.05) is 24.9 Å². The summed E-state index contributed by atoms with van der Waals surface area (Å²) in [6.07, 6.45) is -2.06. The largest absolute Gasteiger partial charge is 0.506 e. The van der Waals surface area contributed by atoms with E-state index in [9.17, 15) is 10.2 Å². The Hall–Kier alpha value is -3.41. The van der Waals surface area contributed by atoms with Crippen molar-refractivity contribution in [3.63, 3.8) is 0 Å². The summed E-state index contributed by atoms with van der Waals surface area (Å²) in [4.78, 5) is 3.15. The van der Waals surface area contributed by atoms with Crippen molar-refractivity contribution in [1.82, 2.24) is 20.2 Å². The number of aryl methyl sites for hydroxylation is 1. The Bertz CT molecular complexity index is 1120. The van der Waals surface area contributed by atoms with Crippen molar-refractivity contribution in [3.05, 3.63) is 53.9 Å². The fourth-order valence-electron chi connectivity index (χ4n) is 4.34. The molecule has 0 unspecified atom stereocenters. The number of nitrogens with zero attached hydrogens (tertiary/aromatic N) is 5. The van der Waals surface area contributed by atoms with Crippen molar-refractivity contribution in [2.45, 2.75) is 37.5 Å². The number of nitrogens with two attached hydrogens (primary N) is 1. The number of tetrazole rings is 1. The Kier molecular flexibility index (Phi) is 6.11. The molecule has 0 aliphatic carbocycles. The molecular formula is C22H28N6O5. The number of aliphatic hydroxyl groups is 1. The van der Waals surface area contributed by atoms with Crippen LogP contribution in [0.2, 0.25) is 0 Å². The maximum atomic E-state index is 11.8. The number of para-hydroxylation sites is 2. The van der Waals surface area contributed by atoms with Gasteiger partial charge in [0.25, 0.3) is 0 Å². The summed E-state index contributed by atoms with van der Waals surface area (Å²) in [5, 5.41) is 34.8. The number of hydrogen-bond acceptors (Lipinski definition) is 10. The van der Waals surface area contributed by atoms with Gasteiger partial charge in [0, 0.05) is 25.5 Å². The van der Waals surface area contributed by atoms with Gasteiger partial charge in [-0.05, 0) is 42.5 Å². The fourth-order valence-corrected chi connectivity index (χ4v) is 4.34. The number of rotatable bonds is 7. The molecule has 11 heteroatoms. The molecule has 0 amide bonds. The zero-order valence-electron chi connectivity index (χ0n) is 18.9. The van der Waals surface area contributed by atoms with Gasteiger partial charge in [-0.3, -0.25) is 0 Å². The Balaban J connectivity index is 1.91. The summed E-state index contributed by atoms with van der Waals surface area (Å²) in [5.41, 5.74) is 6.42. The van der Waals surface area contributed by atoms with E-state index in [0.29, 0.717) is 28.5 Å². The van der Waals surface area contributed by atoms with Gasteiger partial charge in [-0.25, -0.2) is 0 Å². The van der Waals surface area contributed by atoms with Crippen LogP contribution in [0.5, 0.6) is 11.5 Å². The summed E-state index contributed by atoms with van der Waals surface area (Å²) >= 11 is 0. The van der Waals surface area contributed by atoms with E-state index < -0.39 is 24.0 Å². The summed E-state index contributed by atoms with van der Waals surface area (Å²) in [6, 6.07) is 11.3. The quantitative estimate of drug-likeness (QED) is 0.353. The molecule has 3 aromatic rings. The fraction of sp³-hybridized carbons (Fsp3) is 0.409. The van der Waals surface area contributed by atoms with Crippen LogP contribution in [0.25, 0.3) is 0 Å². The third kappa shape index (κ3) is 4.06. The molecular weight excluding hydrogens is 428 g/mol. The second-order valence-corrected chi connectivity index (χ2v) is 8.09. The van der Waals surface area contributed by atoms with E-state index in [1.165, 1.54) is 19.0 Å². The number of nitrogen functional groups attached to an aromatic ring is 1. The maximum Gasteiger partial charge on any atom is 0.199 e. The molecule has 0 bridgehead atoms.